The van der Waals surface area contributed by atoms with Gasteiger partial charge < -0.3 is 9.72 Å². The SMILES string of the molecule is CCC(CC)C(=O)NCCc1cn2cc(C)ccc2n1. The molecule has 0 unspecified atom stereocenters. The third-order valence-electron chi connectivity index (χ3n) is 3.69. The molecule has 2 rings (SSSR count). The van der Waals surface area contributed by atoms with Crippen LogP contribution in [-0.2, 0) is 11.2 Å². The second-order valence-electron chi connectivity index (χ2n) is 5.26. The average molecular weight is 273 g/mol. The van der Waals surface area contributed by atoms with Gasteiger partial charge in [0, 0.05) is 31.3 Å². The minimum absolute atomic E-state index is 0.138. The number of fused-ring (bicyclic) bond motifs is 1. The molecule has 108 valence electrons. The second-order valence-corrected chi connectivity index (χ2v) is 5.26. The molecule has 1 N–H and O–H groups in total. The lowest BCUT2D eigenvalue weighted by Crippen LogP contribution is -2.31. The highest BCUT2D eigenvalue weighted by molar-refractivity contribution is 5.78. The molecular formula is C16H23N3O. The van der Waals surface area contributed by atoms with Crippen molar-refractivity contribution in [3.05, 3.63) is 35.8 Å². The van der Waals surface area contributed by atoms with Gasteiger partial charge in [-0.2, -0.15) is 0 Å². The summed E-state index contributed by atoms with van der Waals surface area (Å²) in [6, 6.07) is 4.07. The minimum Gasteiger partial charge on any atom is -0.355 e. The number of aromatic nitrogens is 2. The van der Waals surface area contributed by atoms with Gasteiger partial charge in [0.05, 0.1) is 5.69 Å². The molecule has 0 aromatic carbocycles. The van der Waals surface area contributed by atoms with E-state index in [4.69, 9.17) is 0 Å². The molecule has 1 amide bonds. The lowest BCUT2D eigenvalue weighted by molar-refractivity contribution is -0.125. The van der Waals surface area contributed by atoms with Crippen LogP contribution in [0.15, 0.2) is 24.5 Å². The maximum absolute atomic E-state index is 11.9. The lowest BCUT2D eigenvalue weighted by Gasteiger charge is -2.11. The number of nitrogens with zero attached hydrogens (tertiary/aromatic N) is 2. The number of hydrogen-bond acceptors (Lipinski definition) is 2. The first-order valence-electron chi connectivity index (χ1n) is 7.36. The van der Waals surface area contributed by atoms with Crippen molar-refractivity contribution in [3.8, 4) is 0 Å². The molecule has 20 heavy (non-hydrogen) atoms. The molecule has 0 saturated carbocycles. The molecule has 0 atom stereocenters. The van der Waals surface area contributed by atoms with Crippen LogP contribution in [0.5, 0.6) is 0 Å². The van der Waals surface area contributed by atoms with Gasteiger partial charge in [-0.15, -0.1) is 0 Å². The van der Waals surface area contributed by atoms with Gasteiger partial charge in [0.2, 0.25) is 5.91 Å². The van der Waals surface area contributed by atoms with Gasteiger partial charge >= 0.3 is 0 Å². The standard InChI is InChI=1S/C16H23N3O/c1-4-13(5-2)16(20)17-9-8-14-11-19-10-12(3)6-7-15(19)18-14/h6-7,10-11,13H,4-5,8-9H2,1-3H3,(H,17,20). The summed E-state index contributed by atoms with van der Waals surface area (Å²) in [5, 5.41) is 3.00. The fourth-order valence-electron chi connectivity index (χ4n) is 2.39. The zero-order valence-electron chi connectivity index (χ0n) is 12.5. The fraction of sp³-hybridized carbons (Fsp3) is 0.500. The third-order valence-corrected chi connectivity index (χ3v) is 3.69. The highest BCUT2D eigenvalue weighted by Crippen LogP contribution is 2.09. The molecule has 0 radical (unpaired) electrons. The summed E-state index contributed by atoms with van der Waals surface area (Å²) in [4.78, 5) is 16.4. The highest BCUT2D eigenvalue weighted by Gasteiger charge is 2.13. The predicted octanol–water partition coefficient (Wildman–Crippen LogP) is 2.74. The van der Waals surface area contributed by atoms with E-state index in [1.807, 2.05) is 16.7 Å². The van der Waals surface area contributed by atoms with E-state index in [9.17, 15) is 4.79 Å². The summed E-state index contributed by atoms with van der Waals surface area (Å²) in [7, 11) is 0. The Morgan fingerprint density at radius 2 is 2.05 bits per heavy atom. The number of carbonyl (C=O) groups is 1. The Balaban J connectivity index is 1.91. The molecule has 2 heterocycles. The van der Waals surface area contributed by atoms with Crippen LogP contribution in [0.25, 0.3) is 5.65 Å². The van der Waals surface area contributed by atoms with Crippen molar-refractivity contribution in [1.82, 2.24) is 14.7 Å². The van der Waals surface area contributed by atoms with Crippen LogP contribution in [0.3, 0.4) is 0 Å². The zero-order chi connectivity index (χ0) is 14.5. The number of aryl methyl sites for hydroxylation is 1. The largest absolute Gasteiger partial charge is 0.355 e. The summed E-state index contributed by atoms with van der Waals surface area (Å²) < 4.78 is 2.04. The summed E-state index contributed by atoms with van der Waals surface area (Å²) in [5.41, 5.74) is 3.18. The number of hydrogen-bond donors (Lipinski definition) is 1. The fourth-order valence-corrected chi connectivity index (χ4v) is 2.39. The Labute approximate surface area is 120 Å². The van der Waals surface area contributed by atoms with Crippen molar-refractivity contribution < 1.29 is 4.79 Å². The normalized spacial score (nSPS) is 11.2. The Hall–Kier alpha value is -1.84. The first kappa shape index (κ1) is 14.6. The molecule has 0 bridgehead atoms. The molecule has 4 nitrogen and oxygen atoms in total. The molecule has 0 aliphatic carbocycles. The number of imidazole rings is 1. The van der Waals surface area contributed by atoms with E-state index in [0.717, 1.165) is 30.6 Å². The molecule has 2 aromatic rings. The molecule has 4 heteroatoms. The van der Waals surface area contributed by atoms with Crippen LogP contribution in [-0.4, -0.2) is 21.8 Å². The smallest absolute Gasteiger partial charge is 0.223 e. The van der Waals surface area contributed by atoms with Gasteiger partial charge in [0.15, 0.2) is 0 Å². The van der Waals surface area contributed by atoms with E-state index in [1.165, 1.54) is 5.56 Å². The Kier molecular flexibility index (Phi) is 4.77. The topological polar surface area (TPSA) is 46.4 Å². The number of pyridine rings is 1. The van der Waals surface area contributed by atoms with Gasteiger partial charge in [0.25, 0.3) is 0 Å². The van der Waals surface area contributed by atoms with E-state index in [0.29, 0.717) is 6.54 Å². The van der Waals surface area contributed by atoms with Crippen molar-refractivity contribution in [1.29, 1.82) is 0 Å². The second kappa shape index (κ2) is 6.55. The highest BCUT2D eigenvalue weighted by atomic mass is 16.1. The van der Waals surface area contributed by atoms with Crippen LogP contribution in [0.1, 0.15) is 37.9 Å². The van der Waals surface area contributed by atoms with Crippen molar-refractivity contribution >= 4 is 11.6 Å². The molecule has 0 saturated heterocycles. The first-order valence-corrected chi connectivity index (χ1v) is 7.36. The van der Waals surface area contributed by atoms with Crippen LogP contribution in [0.4, 0.5) is 0 Å². The number of rotatable bonds is 6. The summed E-state index contributed by atoms with van der Waals surface area (Å²) in [6.07, 6.45) is 6.67. The Morgan fingerprint density at radius 1 is 1.30 bits per heavy atom. The van der Waals surface area contributed by atoms with Gasteiger partial charge in [-0.25, -0.2) is 4.98 Å². The quantitative estimate of drug-likeness (QED) is 0.879. The summed E-state index contributed by atoms with van der Waals surface area (Å²) >= 11 is 0. The molecule has 0 spiro atoms. The summed E-state index contributed by atoms with van der Waals surface area (Å²) in [6.45, 7) is 6.82. The number of carbonyl (C=O) groups excluding carboxylic acids is 1. The van der Waals surface area contributed by atoms with E-state index < -0.39 is 0 Å². The Bertz CT molecular complexity index is 584. The van der Waals surface area contributed by atoms with Crippen molar-refractivity contribution in [2.45, 2.75) is 40.0 Å². The number of nitrogens with one attached hydrogen (secondary N) is 1. The number of amides is 1. The van der Waals surface area contributed by atoms with Crippen LogP contribution in [0.2, 0.25) is 0 Å². The van der Waals surface area contributed by atoms with Gasteiger partial charge in [0.1, 0.15) is 5.65 Å². The monoisotopic (exact) mass is 273 g/mol. The van der Waals surface area contributed by atoms with Crippen LogP contribution >= 0.6 is 0 Å². The van der Waals surface area contributed by atoms with Crippen molar-refractivity contribution in [3.63, 3.8) is 0 Å². The zero-order valence-corrected chi connectivity index (χ0v) is 12.5. The Morgan fingerprint density at radius 3 is 2.75 bits per heavy atom. The lowest BCUT2D eigenvalue weighted by atomic mass is 10.0. The first-order chi connectivity index (χ1) is 9.63. The van der Waals surface area contributed by atoms with Gasteiger partial charge in [-0.1, -0.05) is 19.9 Å². The van der Waals surface area contributed by atoms with E-state index in [2.05, 4.69) is 43.3 Å². The maximum atomic E-state index is 11.9. The van der Waals surface area contributed by atoms with E-state index in [1.54, 1.807) is 0 Å². The van der Waals surface area contributed by atoms with Crippen molar-refractivity contribution in [2.24, 2.45) is 5.92 Å². The van der Waals surface area contributed by atoms with Crippen molar-refractivity contribution in [2.75, 3.05) is 6.54 Å². The van der Waals surface area contributed by atoms with Gasteiger partial charge in [-0.05, 0) is 31.4 Å². The molecular weight excluding hydrogens is 250 g/mol. The van der Waals surface area contributed by atoms with E-state index in [-0.39, 0.29) is 11.8 Å². The van der Waals surface area contributed by atoms with Crippen LogP contribution < -0.4 is 5.32 Å². The third kappa shape index (κ3) is 3.38. The van der Waals surface area contributed by atoms with Crippen LogP contribution in [0, 0.1) is 12.8 Å². The van der Waals surface area contributed by atoms with Gasteiger partial charge in [-0.3, -0.25) is 4.79 Å². The maximum Gasteiger partial charge on any atom is 0.223 e. The minimum atomic E-state index is 0.138. The van der Waals surface area contributed by atoms with E-state index >= 15 is 0 Å². The molecule has 2 aromatic heterocycles. The molecule has 0 aliphatic heterocycles. The average Bonchev–Trinajstić information content (AvgIpc) is 2.82. The predicted molar refractivity (Wildman–Crippen MR) is 80.7 cm³/mol. The molecule has 0 fully saturated rings. The summed E-state index contributed by atoms with van der Waals surface area (Å²) in [5.74, 6) is 0.299. The molecule has 0 aliphatic rings.